The Hall–Kier alpha value is -2.45. The summed E-state index contributed by atoms with van der Waals surface area (Å²) >= 11 is 0. The van der Waals surface area contributed by atoms with Gasteiger partial charge in [0.25, 0.3) is 0 Å². The fourth-order valence-corrected chi connectivity index (χ4v) is 4.10. The molecule has 0 spiro atoms. The van der Waals surface area contributed by atoms with E-state index in [-0.39, 0.29) is 17.0 Å². The highest BCUT2D eigenvalue weighted by molar-refractivity contribution is 5.93. The Kier molecular flexibility index (Phi) is 5.56. The Bertz CT molecular complexity index is 978. The maximum Gasteiger partial charge on any atom is 0.341 e. The average molecular weight is 402 g/mol. The van der Waals surface area contributed by atoms with Crippen LogP contribution in [0.1, 0.15) is 42.1 Å². The van der Waals surface area contributed by atoms with Crippen LogP contribution in [0.4, 0.5) is 10.1 Å². The lowest BCUT2D eigenvalue weighted by atomic mass is 10.1. The molecule has 29 heavy (non-hydrogen) atoms. The molecule has 1 aliphatic heterocycles. The van der Waals surface area contributed by atoms with Crippen LogP contribution < -0.4 is 16.1 Å². The van der Waals surface area contributed by atoms with Crippen LogP contribution in [-0.2, 0) is 0 Å². The molecule has 1 aliphatic carbocycles. The van der Waals surface area contributed by atoms with Gasteiger partial charge in [-0.25, -0.2) is 9.18 Å². The third-order valence-electron chi connectivity index (χ3n) is 5.91. The number of carboxylic acids is 1. The predicted molar refractivity (Wildman–Crippen MR) is 110 cm³/mol. The molecule has 8 heteroatoms. The van der Waals surface area contributed by atoms with Crippen molar-refractivity contribution in [2.24, 2.45) is 5.73 Å². The Morgan fingerprint density at radius 3 is 2.52 bits per heavy atom. The molecule has 1 aromatic heterocycles. The van der Waals surface area contributed by atoms with Gasteiger partial charge in [-0.05, 0) is 50.9 Å². The van der Waals surface area contributed by atoms with E-state index in [1.807, 2.05) is 9.47 Å². The number of aromatic nitrogens is 1. The van der Waals surface area contributed by atoms with Crippen molar-refractivity contribution < 1.29 is 14.3 Å². The largest absolute Gasteiger partial charge is 0.477 e. The Labute approximate surface area is 168 Å². The van der Waals surface area contributed by atoms with Gasteiger partial charge in [0.15, 0.2) is 0 Å². The van der Waals surface area contributed by atoms with Crippen LogP contribution in [0, 0.1) is 5.82 Å². The van der Waals surface area contributed by atoms with E-state index < -0.39 is 17.2 Å². The molecular formula is C21H27FN4O3. The molecular weight excluding hydrogens is 375 g/mol. The molecule has 0 bridgehead atoms. The minimum atomic E-state index is -1.28. The number of nitrogens with zero attached hydrogens (tertiary/aromatic N) is 3. The second-order valence-corrected chi connectivity index (χ2v) is 7.96. The molecule has 1 saturated carbocycles. The van der Waals surface area contributed by atoms with Gasteiger partial charge >= 0.3 is 5.97 Å². The number of anilines is 1. The number of hydrogen-bond acceptors (Lipinski definition) is 5. The maximum absolute atomic E-state index is 14.9. The third-order valence-corrected chi connectivity index (χ3v) is 5.91. The van der Waals surface area contributed by atoms with Crippen molar-refractivity contribution in [3.05, 3.63) is 39.9 Å². The lowest BCUT2D eigenvalue weighted by Gasteiger charge is -2.36. The summed E-state index contributed by atoms with van der Waals surface area (Å²) < 4.78 is 16.8. The highest BCUT2D eigenvalue weighted by Crippen LogP contribution is 2.38. The Morgan fingerprint density at radius 1 is 1.17 bits per heavy atom. The van der Waals surface area contributed by atoms with E-state index in [0.29, 0.717) is 30.8 Å². The molecule has 1 saturated heterocycles. The van der Waals surface area contributed by atoms with E-state index in [1.165, 1.54) is 12.3 Å². The summed E-state index contributed by atoms with van der Waals surface area (Å²) in [4.78, 5) is 28.4. The SMILES string of the molecule is NCCCCN1CCN(c2cc3c(cc2F)c(=O)c(C(=O)O)cn3C2CC2)CC1. The first-order valence-electron chi connectivity index (χ1n) is 10.3. The molecule has 0 amide bonds. The van der Waals surface area contributed by atoms with E-state index in [0.717, 1.165) is 45.3 Å². The second kappa shape index (κ2) is 8.12. The fraction of sp³-hybridized carbons (Fsp3) is 0.524. The molecule has 2 heterocycles. The van der Waals surface area contributed by atoms with Crippen molar-refractivity contribution in [3.8, 4) is 0 Å². The quantitative estimate of drug-likeness (QED) is 0.689. The number of pyridine rings is 1. The van der Waals surface area contributed by atoms with Crippen molar-refractivity contribution in [3.63, 3.8) is 0 Å². The number of nitrogens with two attached hydrogens (primary N) is 1. The molecule has 3 N–H and O–H groups in total. The van der Waals surface area contributed by atoms with Gasteiger partial charge in [0.05, 0.1) is 11.2 Å². The van der Waals surface area contributed by atoms with Crippen molar-refractivity contribution >= 4 is 22.6 Å². The highest BCUT2D eigenvalue weighted by Gasteiger charge is 2.28. The number of rotatable bonds is 7. The summed E-state index contributed by atoms with van der Waals surface area (Å²) in [7, 11) is 0. The van der Waals surface area contributed by atoms with Crippen LogP contribution in [0.5, 0.6) is 0 Å². The number of aromatic carboxylic acids is 1. The molecule has 7 nitrogen and oxygen atoms in total. The topological polar surface area (TPSA) is 91.8 Å². The number of benzene rings is 1. The first-order chi connectivity index (χ1) is 14.0. The molecule has 2 aromatic rings. The zero-order valence-electron chi connectivity index (χ0n) is 16.4. The second-order valence-electron chi connectivity index (χ2n) is 7.96. The van der Waals surface area contributed by atoms with Crippen LogP contribution in [0.15, 0.2) is 23.1 Å². The van der Waals surface area contributed by atoms with Gasteiger partial charge in [0, 0.05) is 43.8 Å². The van der Waals surface area contributed by atoms with Crippen molar-refractivity contribution in [2.75, 3.05) is 44.2 Å². The lowest BCUT2D eigenvalue weighted by molar-refractivity contribution is 0.0695. The van der Waals surface area contributed by atoms with Gasteiger partial charge in [-0.15, -0.1) is 0 Å². The normalized spacial score (nSPS) is 17.8. The summed E-state index contributed by atoms with van der Waals surface area (Å²) in [6, 6.07) is 3.11. The van der Waals surface area contributed by atoms with E-state index in [2.05, 4.69) is 4.90 Å². The number of fused-ring (bicyclic) bond motifs is 1. The molecule has 0 atom stereocenters. The molecule has 156 valence electrons. The predicted octanol–water partition coefficient (Wildman–Crippen LogP) is 2.03. The van der Waals surface area contributed by atoms with Gasteiger partial charge in [-0.1, -0.05) is 0 Å². The average Bonchev–Trinajstić information content (AvgIpc) is 3.54. The fourth-order valence-electron chi connectivity index (χ4n) is 4.10. The van der Waals surface area contributed by atoms with E-state index >= 15 is 0 Å². The standard InChI is InChI=1S/C21H27FN4O3/c22-17-11-15-18(26(14-3-4-14)13-16(20(15)27)21(28)29)12-19(17)25-9-7-24(8-10-25)6-2-1-5-23/h11-14H,1-10,23H2,(H,28,29). The van der Waals surface area contributed by atoms with Gasteiger partial charge in [0.1, 0.15) is 11.4 Å². The number of carbonyl (C=O) groups is 1. The van der Waals surface area contributed by atoms with Crippen molar-refractivity contribution in [1.82, 2.24) is 9.47 Å². The molecule has 1 aromatic carbocycles. The number of hydrogen-bond donors (Lipinski definition) is 2. The van der Waals surface area contributed by atoms with Crippen LogP contribution in [0.25, 0.3) is 10.9 Å². The number of halogens is 1. The lowest BCUT2D eigenvalue weighted by Crippen LogP contribution is -2.47. The van der Waals surface area contributed by atoms with Crippen LogP contribution in [0.2, 0.25) is 0 Å². The van der Waals surface area contributed by atoms with E-state index in [9.17, 15) is 19.1 Å². The zero-order chi connectivity index (χ0) is 20.5. The molecule has 2 aliphatic rings. The Balaban J connectivity index is 1.64. The summed E-state index contributed by atoms with van der Waals surface area (Å²) in [6.07, 6.45) is 5.37. The number of unbranched alkanes of at least 4 members (excludes halogenated alkanes) is 1. The minimum absolute atomic E-state index is 0.137. The van der Waals surface area contributed by atoms with E-state index in [4.69, 9.17) is 5.73 Å². The maximum atomic E-state index is 14.9. The third kappa shape index (κ3) is 4.00. The molecule has 2 fully saturated rings. The summed E-state index contributed by atoms with van der Waals surface area (Å²) in [5, 5.41) is 9.49. The van der Waals surface area contributed by atoms with Crippen LogP contribution >= 0.6 is 0 Å². The van der Waals surface area contributed by atoms with Gasteiger partial charge in [-0.2, -0.15) is 0 Å². The van der Waals surface area contributed by atoms with Crippen molar-refractivity contribution in [2.45, 2.75) is 31.7 Å². The highest BCUT2D eigenvalue weighted by atomic mass is 19.1. The van der Waals surface area contributed by atoms with Crippen molar-refractivity contribution in [1.29, 1.82) is 0 Å². The summed E-state index contributed by atoms with van der Waals surface area (Å²) in [5.74, 6) is -1.75. The number of piperazine rings is 1. The van der Waals surface area contributed by atoms with Gasteiger partial charge < -0.3 is 20.3 Å². The Morgan fingerprint density at radius 2 is 1.90 bits per heavy atom. The summed E-state index contributed by atoms with van der Waals surface area (Å²) in [5.41, 5.74) is 5.72. The van der Waals surface area contributed by atoms with E-state index in [1.54, 1.807) is 6.07 Å². The van der Waals surface area contributed by atoms with Gasteiger partial charge in [0.2, 0.25) is 5.43 Å². The molecule has 0 unspecified atom stereocenters. The van der Waals surface area contributed by atoms with Crippen LogP contribution in [-0.4, -0.2) is 59.8 Å². The number of carboxylic acid groups (broad SMARTS) is 1. The molecule has 4 rings (SSSR count). The molecule has 0 radical (unpaired) electrons. The van der Waals surface area contributed by atoms with Gasteiger partial charge in [-0.3, -0.25) is 9.69 Å². The monoisotopic (exact) mass is 402 g/mol. The zero-order valence-corrected chi connectivity index (χ0v) is 16.4. The minimum Gasteiger partial charge on any atom is -0.477 e. The first-order valence-corrected chi connectivity index (χ1v) is 10.3. The smallest absolute Gasteiger partial charge is 0.341 e. The first kappa shape index (κ1) is 19.8. The summed E-state index contributed by atoms with van der Waals surface area (Å²) in [6.45, 7) is 4.85. The van der Waals surface area contributed by atoms with Crippen LogP contribution in [0.3, 0.4) is 0 Å².